The summed E-state index contributed by atoms with van der Waals surface area (Å²) in [6.45, 7) is 2.54. The first kappa shape index (κ1) is 19.0. The number of carbonyl (C=O) groups is 1. The zero-order valence-corrected chi connectivity index (χ0v) is 14.7. The Morgan fingerprint density at radius 3 is 2.60 bits per heavy atom. The zero-order chi connectivity index (χ0) is 18.4. The van der Waals surface area contributed by atoms with Crippen LogP contribution < -0.4 is 0 Å². The summed E-state index contributed by atoms with van der Waals surface area (Å²) in [5, 5.41) is 16.9. The van der Waals surface area contributed by atoms with Gasteiger partial charge in [0.05, 0.1) is 30.9 Å². The van der Waals surface area contributed by atoms with Crippen molar-refractivity contribution in [2.24, 2.45) is 10.2 Å². The first-order valence-corrected chi connectivity index (χ1v) is 8.88. The Balaban J connectivity index is 2.28. The second kappa shape index (κ2) is 8.19. The van der Waals surface area contributed by atoms with Crippen molar-refractivity contribution in [1.29, 1.82) is 0 Å². The molecular weight excluding hydrogens is 350 g/mol. The van der Waals surface area contributed by atoms with E-state index < -0.39 is 16.0 Å². The van der Waals surface area contributed by atoms with Gasteiger partial charge in [0.1, 0.15) is 5.76 Å². The number of aliphatic hydroxyl groups excluding tert-OH is 1. The van der Waals surface area contributed by atoms with Crippen molar-refractivity contribution >= 4 is 21.7 Å². The van der Waals surface area contributed by atoms with E-state index in [0.29, 0.717) is 13.2 Å². The Hall–Kier alpha value is -2.30. The van der Waals surface area contributed by atoms with E-state index >= 15 is 0 Å². The van der Waals surface area contributed by atoms with Crippen molar-refractivity contribution < 1.29 is 27.8 Å². The molecule has 25 heavy (non-hydrogen) atoms. The third-order valence-electron chi connectivity index (χ3n) is 3.41. The lowest BCUT2D eigenvalue weighted by atomic mass is 10.3. The molecule has 0 radical (unpaired) electrons. The van der Waals surface area contributed by atoms with Gasteiger partial charge in [-0.25, -0.2) is 13.2 Å². The van der Waals surface area contributed by atoms with E-state index in [0.717, 1.165) is 7.11 Å². The van der Waals surface area contributed by atoms with Crippen LogP contribution in [0.1, 0.15) is 6.92 Å². The van der Waals surface area contributed by atoms with Gasteiger partial charge in [0.25, 0.3) is 0 Å². The van der Waals surface area contributed by atoms with E-state index in [9.17, 15) is 18.3 Å². The van der Waals surface area contributed by atoms with Crippen molar-refractivity contribution in [2.45, 2.75) is 11.8 Å². The minimum atomic E-state index is -3.66. The van der Waals surface area contributed by atoms with Crippen molar-refractivity contribution in [3.8, 4) is 0 Å². The Morgan fingerprint density at radius 2 is 2.00 bits per heavy atom. The van der Waals surface area contributed by atoms with Gasteiger partial charge in [0.2, 0.25) is 15.7 Å². The maximum atomic E-state index is 12.6. The standard InChI is InChI=1S/C15H19N3O6S/c1-11(19)14(15(20)23-2)17-16-12-4-3-5-13(10-12)25(21,22)18-6-8-24-9-7-18/h3-5,10,19H,6-9H2,1-2H3/b14-11-,17-16?. The first-order chi connectivity index (χ1) is 11.9. The van der Waals surface area contributed by atoms with Gasteiger partial charge in [0, 0.05) is 13.1 Å². The molecule has 10 heteroatoms. The van der Waals surface area contributed by atoms with E-state index in [4.69, 9.17) is 4.74 Å². The first-order valence-electron chi connectivity index (χ1n) is 7.44. The van der Waals surface area contributed by atoms with Crippen molar-refractivity contribution in [3.05, 3.63) is 35.7 Å². The summed E-state index contributed by atoms with van der Waals surface area (Å²) in [6, 6.07) is 5.85. The van der Waals surface area contributed by atoms with E-state index in [1.165, 1.54) is 35.5 Å². The smallest absolute Gasteiger partial charge is 0.362 e. The summed E-state index contributed by atoms with van der Waals surface area (Å²) in [5.41, 5.74) is -0.138. The average Bonchev–Trinajstić information content (AvgIpc) is 2.62. The molecule has 1 heterocycles. The molecule has 9 nitrogen and oxygen atoms in total. The largest absolute Gasteiger partial charge is 0.510 e. The molecule has 136 valence electrons. The number of ether oxygens (including phenoxy) is 2. The number of methoxy groups -OCH3 is 1. The van der Waals surface area contributed by atoms with Crippen molar-refractivity contribution in [1.82, 2.24) is 4.31 Å². The Kier molecular flexibility index (Phi) is 6.23. The van der Waals surface area contributed by atoms with E-state index in [1.807, 2.05) is 0 Å². The Labute approximate surface area is 145 Å². The predicted molar refractivity (Wildman–Crippen MR) is 87.9 cm³/mol. The van der Waals surface area contributed by atoms with Gasteiger partial charge in [-0.3, -0.25) is 0 Å². The monoisotopic (exact) mass is 369 g/mol. The van der Waals surface area contributed by atoms with Gasteiger partial charge in [0.15, 0.2) is 0 Å². The number of sulfonamides is 1. The van der Waals surface area contributed by atoms with Crippen LogP contribution in [0.25, 0.3) is 0 Å². The fraction of sp³-hybridized carbons (Fsp3) is 0.400. The average molecular weight is 369 g/mol. The number of hydrogen-bond donors (Lipinski definition) is 1. The predicted octanol–water partition coefficient (Wildman–Crippen LogP) is 1.75. The van der Waals surface area contributed by atoms with Gasteiger partial charge in [-0.1, -0.05) is 6.07 Å². The highest BCUT2D eigenvalue weighted by molar-refractivity contribution is 7.89. The fourth-order valence-corrected chi connectivity index (χ4v) is 3.56. The molecule has 1 aromatic rings. The third kappa shape index (κ3) is 4.62. The van der Waals surface area contributed by atoms with E-state index in [2.05, 4.69) is 15.0 Å². The van der Waals surface area contributed by atoms with E-state index in [-0.39, 0.29) is 35.1 Å². The lowest BCUT2D eigenvalue weighted by molar-refractivity contribution is -0.136. The molecule has 1 aliphatic rings. The SMILES string of the molecule is COC(=O)/C(N=Nc1cccc(S(=O)(=O)N2CCOCC2)c1)=C(\C)O. The maximum absolute atomic E-state index is 12.6. The minimum absolute atomic E-state index is 0.0650. The van der Waals surface area contributed by atoms with Crippen LogP contribution >= 0.6 is 0 Å². The van der Waals surface area contributed by atoms with Crippen LogP contribution in [0.15, 0.2) is 50.8 Å². The number of carbonyl (C=O) groups excluding carboxylic acids is 1. The van der Waals surface area contributed by atoms with Crippen LogP contribution in [0.2, 0.25) is 0 Å². The number of azo groups is 1. The van der Waals surface area contributed by atoms with Crippen LogP contribution in [0.5, 0.6) is 0 Å². The number of hydrogen-bond acceptors (Lipinski definition) is 8. The number of benzene rings is 1. The van der Waals surface area contributed by atoms with Gasteiger partial charge in [-0.15, -0.1) is 5.11 Å². The molecule has 1 saturated heterocycles. The highest BCUT2D eigenvalue weighted by atomic mass is 32.2. The molecule has 0 atom stereocenters. The molecule has 1 fully saturated rings. The number of morpholine rings is 1. The third-order valence-corrected chi connectivity index (χ3v) is 5.31. The van der Waals surface area contributed by atoms with Crippen LogP contribution in [0, 0.1) is 0 Å². The van der Waals surface area contributed by atoms with Gasteiger partial charge in [-0.05, 0) is 25.1 Å². The quantitative estimate of drug-likeness (QED) is 0.366. The molecule has 0 unspecified atom stereocenters. The number of rotatable bonds is 5. The number of nitrogens with zero attached hydrogens (tertiary/aromatic N) is 3. The molecule has 2 rings (SSSR count). The van der Waals surface area contributed by atoms with E-state index in [1.54, 1.807) is 0 Å². The molecule has 0 bridgehead atoms. The Bertz CT molecular complexity index is 793. The molecule has 1 N–H and O–H groups in total. The van der Waals surface area contributed by atoms with Crippen molar-refractivity contribution in [2.75, 3.05) is 33.4 Å². The molecular formula is C15H19N3O6S. The lowest BCUT2D eigenvalue weighted by Crippen LogP contribution is -2.40. The van der Waals surface area contributed by atoms with Gasteiger partial charge < -0.3 is 14.6 Å². The number of aliphatic hydroxyl groups is 1. The van der Waals surface area contributed by atoms with Crippen molar-refractivity contribution in [3.63, 3.8) is 0 Å². The fourth-order valence-electron chi connectivity index (χ4n) is 2.11. The summed E-state index contributed by atoms with van der Waals surface area (Å²) < 4.78 is 36.2. The summed E-state index contributed by atoms with van der Waals surface area (Å²) in [4.78, 5) is 11.6. The lowest BCUT2D eigenvalue weighted by Gasteiger charge is -2.26. The molecule has 0 amide bonds. The highest BCUT2D eigenvalue weighted by Crippen LogP contribution is 2.23. The van der Waals surface area contributed by atoms with Crippen LogP contribution in [0.3, 0.4) is 0 Å². The van der Waals surface area contributed by atoms with Gasteiger partial charge >= 0.3 is 5.97 Å². The Morgan fingerprint density at radius 1 is 1.32 bits per heavy atom. The molecule has 1 aliphatic heterocycles. The molecule has 0 spiro atoms. The normalized spacial score (nSPS) is 17.4. The summed E-state index contributed by atoms with van der Waals surface area (Å²) in [6.07, 6.45) is 0. The van der Waals surface area contributed by atoms with Crippen LogP contribution in [-0.4, -0.2) is 57.2 Å². The van der Waals surface area contributed by atoms with Crippen LogP contribution in [0.4, 0.5) is 5.69 Å². The second-order valence-electron chi connectivity index (χ2n) is 5.14. The number of allylic oxidation sites excluding steroid dienone is 1. The summed E-state index contributed by atoms with van der Waals surface area (Å²) >= 11 is 0. The molecule has 0 aliphatic carbocycles. The molecule has 0 saturated carbocycles. The van der Waals surface area contributed by atoms with Crippen LogP contribution in [-0.2, 0) is 24.3 Å². The molecule has 0 aromatic heterocycles. The maximum Gasteiger partial charge on any atom is 0.362 e. The number of esters is 1. The summed E-state index contributed by atoms with van der Waals surface area (Å²) in [7, 11) is -2.51. The topological polar surface area (TPSA) is 118 Å². The van der Waals surface area contributed by atoms with Gasteiger partial charge in [-0.2, -0.15) is 9.42 Å². The minimum Gasteiger partial charge on any atom is -0.510 e. The second-order valence-corrected chi connectivity index (χ2v) is 7.08. The molecule has 1 aromatic carbocycles. The zero-order valence-electron chi connectivity index (χ0n) is 13.9. The highest BCUT2D eigenvalue weighted by Gasteiger charge is 2.26. The summed E-state index contributed by atoms with van der Waals surface area (Å²) in [5.74, 6) is -1.20.